The molecular weight excluding hydrogens is 475 g/mol. The summed E-state index contributed by atoms with van der Waals surface area (Å²) in [4.78, 5) is 24.5. The molecule has 4 aromatic rings. The molecule has 3 N–H and O–H groups in total. The number of aromatic amines is 1. The molecule has 1 aliphatic rings. The molecule has 0 aliphatic heterocycles. The summed E-state index contributed by atoms with van der Waals surface area (Å²) < 4.78 is 15.8. The number of H-pyrrole nitrogens is 1. The maximum Gasteiger partial charge on any atom is 0.335 e. The maximum atomic E-state index is 14.4. The summed E-state index contributed by atoms with van der Waals surface area (Å²) in [6, 6.07) is 13.8. The number of phenolic OH excluding ortho intramolecular Hbond substituents is 1. The van der Waals surface area contributed by atoms with E-state index in [0.29, 0.717) is 16.9 Å². The number of fused-ring (bicyclic) bond motifs is 1. The third-order valence-corrected chi connectivity index (χ3v) is 6.87. The van der Waals surface area contributed by atoms with E-state index >= 15 is 0 Å². The smallest absolute Gasteiger partial charge is 0.335 e. The third-order valence-electron chi connectivity index (χ3n) is 6.87. The van der Waals surface area contributed by atoms with E-state index in [0.717, 1.165) is 25.0 Å². The lowest BCUT2D eigenvalue weighted by Gasteiger charge is -2.19. The maximum absolute atomic E-state index is 14.4. The van der Waals surface area contributed by atoms with Gasteiger partial charge >= 0.3 is 5.97 Å². The quantitative estimate of drug-likeness (QED) is 0.278. The second-order valence-electron chi connectivity index (χ2n) is 9.86. The summed E-state index contributed by atoms with van der Waals surface area (Å²) in [5, 5.41) is 31.1. The van der Waals surface area contributed by atoms with Crippen LogP contribution in [0.5, 0.6) is 5.75 Å². The second kappa shape index (κ2) is 8.85. The molecule has 1 heterocycles. The first kappa shape index (κ1) is 24.2. The molecule has 0 fully saturated rings. The highest BCUT2D eigenvalue weighted by Crippen LogP contribution is 2.40. The van der Waals surface area contributed by atoms with Gasteiger partial charge in [0.2, 0.25) is 0 Å². The van der Waals surface area contributed by atoms with Gasteiger partial charge < -0.3 is 10.2 Å². The van der Waals surface area contributed by atoms with E-state index in [1.807, 2.05) is 18.2 Å². The molecule has 0 saturated heterocycles. The first-order valence-corrected chi connectivity index (χ1v) is 11.8. The van der Waals surface area contributed by atoms with Gasteiger partial charge in [-0.15, -0.1) is 10.2 Å². The molecule has 0 amide bonds. The highest BCUT2D eigenvalue weighted by molar-refractivity contribution is 5.90. The number of carboxylic acids is 1. The number of benzene rings is 3. The Kier molecular flexibility index (Phi) is 5.78. The number of carboxylic acid groups (broad SMARTS) is 1. The Hall–Kier alpha value is -4.53. The van der Waals surface area contributed by atoms with Crippen molar-refractivity contribution in [2.75, 3.05) is 0 Å². The Balaban J connectivity index is 1.52. The predicted molar refractivity (Wildman–Crippen MR) is 137 cm³/mol. The van der Waals surface area contributed by atoms with Crippen molar-refractivity contribution in [3.05, 3.63) is 93.2 Å². The third kappa shape index (κ3) is 4.33. The molecule has 9 heteroatoms. The van der Waals surface area contributed by atoms with Crippen molar-refractivity contribution in [1.29, 1.82) is 0 Å². The highest BCUT2D eigenvalue weighted by Gasteiger charge is 2.30. The lowest BCUT2D eigenvalue weighted by Crippen LogP contribution is -2.16. The Bertz CT molecular complexity index is 1650. The number of azo groups is 1. The first-order chi connectivity index (χ1) is 17.5. The van der Waals surface area contributed by atoms with Crippen LogP contribution in [0, 0.1) is 12.7 Å². The largest absolute Gasteiger partial charge is 0.505 e. The lowest BCUT2D eigenvalue weighted by molar-refractivity contribution is 0.0697. The molecule has 0 unspecified atom stereocenters. The molecule has 1 aliphatic carbocycles. The van der Waals surface area contributed by atoms with Crippen molar-refractivity contribution in [2.24, 2.45) is 10.2 Å². The van der Waals surface area contributed by atoms with Crippen LogP contribution in [0.4, 0.5) is 15.8 Å². The van der Waals surface area contributed by atoms with Gasteiger partial charge in [-0.05, 0) is 72.2 Å². The molecule has 1 aromatic heterocycles. The molecule has 8 nitrogen and oxygen atoms in total. The topological polar surface area (TPSA) is 120 Å². The number of hydrogen-bond acceptors (Lipinski definition) is 5. The molecule has 0 radical (unpaired) electrons. The molecular formula is C28H25FN4O4. The summed E-state index contributed by atoms with van der Waals surface area (Å²) >= 11 is 0. The van der Waals surface area contributed by atoms with Gasteiger partial charge in [-0.3, -0.25) is 9.89 Å². The lowest BCUT2D eigenvalue weighted by atomic mass is 9.86. The number of carbonyl (C=O) groups is 1. The normalized spacial score (nSPS) is 14.3. The SMILES string of the molecule is Cc1[nH]n(-c2ccc3c(c2)C(C)(C)CC3)c(=O)c1N=Nc1cc(F)cc(-c2cccc(C(=O)O)c2)c1O. The summed E-state index contributed by atoms with van der Waals surface area (Å²) in [5.41, 5.74) is 3.39. The van der Waals surface area contributed by atoms with Gasteiger partial charge in [-0.1, -0.05) is 32.0 Å². The second-order valence-corrected chi connectivity index (χ2v) is 9.86. The fourth-order valence-electron chi connectivity index (χ4n) is 4.78. The monoisotopic (exact) mass is 500 g/mol. The zero-order valence-corrected chi connectivity index (χ0v) is 20.5. The zero-order valence-electron chi connectivity index (χ0n) is 20.5. The van der Waals surface area contributed by atoms with E-state index in [2.05, 4.69) is 29.2 Å². The van der Waals surface area contributed by atoms with E-state index in [9.17, 15) is 24.2 Å². The van der Waals surface area contributed by atoms with Gasteiger partial charge in [0.05, 0.1) is 16.9 Å². The van der Waals surface area contributed by atoms with E-state index in [1.54, 1.807) is 13.0 Å². The van der Waals surface area contributed by atoms with Crippen LogP contribution in [0.2, 0.25) is 0 Å². The molecule has 0 atom stereocenters. The van der Waals surface area contributed by atoms with E-state index < -0.39 is 17.3 Å². The Morgan fingerprint density at radius 3 is 2.65 bits per heavy atom. The average molecular weight is 501 g/mol. The number of hydrogen-bond donors (Lipinski definition) is 3. The number of aromatic carboxylic acids is 1. The average Bonchev–Trinajstić information content (AvgIpc) is 3.33. The highest BCUT2D eigenvalue weighted by atomic mass is 19.1. The fraction of sp³-hybridized carbons (Fsp3) is 0.214. The van der Waals surface area contributed by atoms with Crippen LogP contribution < -0.4 is 5.56 Å². The molecule has 37 heavy (non-hydrogen) atoms. The molecule has 0 saturated carbocycles. The van der Waals surface area contributed by atoms with Crippen molar-refractivity contribution in [2.45, 2.75) is 39.0 Å². The van der Waals surface area contributed by atoms with Gasteiger partial charge in [0.1, 0.15) is 11.5 Å². The Labute approximate surface area is 211 Å². The van der Waals surface area contributed by atoms with Crippen LogP contribution in [0.25, 0.3) is 16.8 Å². The van der Waals surface area contributed by atoms with Crippen LogP contribution in [0.15, 0.2) is 69.6 Å². The van der Waals surface area contributed by atoms with E-state index in [4.69, 9.17) is 0 Å². The van der Waals surface area contributed by atoms with Crippen LogP contribution >= 0.6 is 0 Å². The van der Waals surface area contributed by atoms with Gasteiger partial charge in [-0.2, -0.15) is 0 Å². The predicted octanol–water partition coefficient (Wildman–Crippen LogP) is 6.32. The number of halogens is 1. The van der Waals surface area contributed by atoms with Gasteiger partial charge in [0.15, 0.2) is 11.4 Å². The number of nitrogens with one attached hydrogen (secondary N) is 1. The van der Waals surface area contributed by atoms with Crippen molar-refractivity contribution in [3.8, 4) is 22.6 Å². The summed E-state index contributed by atoms with van der Waals surface area (Å²) in [6.45, 7) is 6.04. The molecule has 0 bridgehead atoms. The molecule has 188 valence electrons. The number of rotatable bonds is 5. The van der Waals surface area contributed by atoms with Crippen molar-refractivity contribution in [3.63, 3.8) is 0 Å². The minimum absolute atomic E-state index is 0.0113. The number of nitrogens with zero attached hydrogens (tertiary/aromatic N) is 3. The fourth-order valence-corrected chi connectivity index (χ4v) is 4.78. The summed E-state index contributed by atoms with van der Waals surface area (Å²) in [6.07, 6.45) is 2.05. The van der Waals surface area contributed by atoms with Crippen LogP contribution in [0.1, 0.15) is 47.4 Å². The first-order valence-electron chi connectivity index (χ1n) is 11.8. The van der Waals surface area contributed by atoms with Crippen LogP contribution in [0.3, 0.4) is 0 Å². The summed E-state index contributed by atoms with van der Waals surface area (Å²) in [5.74, 6) is -2.24. The Morgan fingerprint density at radius 1 is 1.11 bits per heavy atom. The number of aryl methyl sites for hydroxylation is 2. The zero-order chi connectivity index (χ0) is 26.5. The summed E-state index contributed by atoms with van der Waals surface area (Å²) in [7, 11) is 0. The van der Waals surface area contributed by atoms with Crippen molar-refractivity contribution in [1.82, 2.24) is 9.78 Å². The van der Waals surface area contributed by atoms with E-state index in [-0.39, 0.29) is 33.7 Å². The van der Waals surface area contributed by atoms with Crippen molar-refractivity contribution < 1.29 is 19.4 Å². The van der Waals surface area contributed by atoms with E-state index in [1.165, 1.54) is 34.0 Å². The molecule has 5 rings (SSSR count). The number of aromatic hydroxyl groups is 1. The minimum Gasteiger partial charge on any atom is -0.505 e. The Morgan fingerprint density at radius 2 is 1.89 bits per heavy atom. The molecule has 3 aromatic carbocycles. The van der Waals surface area contributed by atoms with Gasteiger partial charge in [-0.25, -0.2) is 13.9 Å². The number of aromatic nitrogens is 2. The van der Waals surface area contributed by atoms with Crippen LogP contribution in [-0.2, 0) is 11.8 Å². The standard InChI is InChI=1S/C28H25FN4O4/c1-15-24(26(35)33(32-15)20-8-7-16-9-10-28(2,3)22(16)14-20)31-30-23-13-19(29)12-21(25(23)34)17-5-4-6-18(11-17)27(36)37/h4-8,11-14,32,34H,9-10H2,1-3H3,(H,36,37). The number of phenols is 1. The van der Waals surface area contributed by atoms with Gasteiger partial charge in [0.25, 0.3) is 5.56 Å². The minimum atomic E-state index is -1.15. The van der Waals surface area contributed by atoms with Crippen LogP contribution in [-0.4, -0.2) is 26.0 Å². The van der Waals surface area contributed by atoms with Crippen molar-refractivity contribution >= 4 is 17.3 Å². The molecule has 0 spiro atoms. The van der Waals surface area contributed by atoms with Gasteiger partial charge in [0, 0.05) is 11.6 Å².